The smallest absolute Gasteiger partial charge is 0.262 e. The SMILES string of the molecule is COc1ccccc1NS(=O)(=O)c1ccc(C)c(NC(=O)Cc2c(F)cccc2Cl)c1. The van der Waals surface area contributed by atoms with Crippen LogP contribution in [0.4, 0.5) is 15.8 Å². The Labute approximate surface area is 185 Å². The van der Waals surface area contributed by atoms with E-state index in [1.54, 1.807) is 37.3 Å². The molecule has 3 rings (SSSR count). The molecule has 0 aliphatic rings. The quantitative estimate of drug-likeness (QED) is 0.529. The van der Waals surface area contributed by atoms with Crippen molar-refractivity contribution in [2.24, 2.45) is 0 Å². The third kappa shape index (κ3) is 5.34. The van der Waals surface area contributed by atoms with E-state index >= 15 is 0 Å². The van der Waals surface area contributed by atoms with Gasteiger partial charge in [-0.05, 0) is 48.9 Å². The molecule has 0 saturated carbocycles. The highest BCUT2D eigenvalue weighted by atomic mass is 35.5. The number of anilines is 2. The first-order valence-corrected chi connectivity index (χ1v) is 11.1. The van der Waals surface area contributed by atoms with Gasteiger partial charge in [0.25, 0.3) is 10.0 Å². The Morgan fingerprint density at radius 2 is 1.81 bits per heavy atom. The van der Waals surface area contributed by atoms with Crippen molar-refractivity contribution in [2.45, 2.75) is 18.2 Å². The van der Waals surface area contributed by atoms with Crippen molar-refractivity contribution in [1.29, 1.82) is 0 Å². The summed E-state index contributed by atoms with van der Waals surface area (Å²) in [5, 5.41) is 2.77. The summed E-state index contributed by atoms with van der Waals surface area (Å²) in [5.74, 6) is -0.743. The number of benzene rings is 3. The van der Waals surface area contributed by atoms with Crippen LogP contribution in [0.1, 0.15) is 11.1 Å². The van der Waals surface area contributed by atoms with Crippen LogP contribution in [0.5, 0.6) is 5.75 Å². The van der Waals surface area contributed by atoms with Crippen molar-refractivity contribution >= 4 is 38.9 Å². The number of hydrogen-bond acceptors (Lipinski definition) is 4. The molecule has 0 aromatic heterocycles. The Balaban J connectivity index is 1.83. The topological polar surface area (TPSA) is 84.5 Å². The summed E-state index contributed by atoms with van der Waals surface area (Å²) in [6, 6.07) is 15.1. The lowest BCUT2D eigenvalue weighted by molar-refractivity contribution is -0.115. The van der Waals surface area contributed by atoms with Gasteiger partial charge in [0.15, 0.2) is 0 Å². The number of ether oxygens (including phenoxy) is 1. The minimum Gasteiger partial charge on any atom is -0.495 e. The van der Waals surface area contributed by atoms with E-state index in [1.165, 1.54) is 37.4 Å². The zero-order valence-corrected chi connectivity index (χ0v) is 18.4. The Bertz CT molecular complexity index is 1210. The molecule has 0 saturated heterocycles. The first-order valence-electron chi connectivity index (χ1n) is 9.20. The van der Waals surface area contributed by atoms with Gasteiger partial charge in [-0.3, -0.25) is 9.52 Å². The highest BCUT2D eigenvalue weighted by Gasteiger charge is 2.19. The largest absolute Gasteiger partial charge is 0.495 e. The molecule has 0 atom stereocenters. The summed E-state index contributed by atoms with van der Waals surface area (Å²) in [4.78, 5) is 12.4. The van der Waals surface area contributed by atoms with Gasteiger partial charge in [-0.1, -0.05) is 35.9 Å². The van der Waals surface area contributed by atoms with Gasteiger partial charge < -0.3 is 10.1 Å². The Morgan fingerprint density at radius 1 is 1.06 bits per heavy atom. The van der Waals surface area contributed by atoms with Crippen LogP contribution in [0, 0.1) is 12.7 Å². The maximum atomic E-state index is 14.0. The number of carbonyl (C=O) groups excluding carboxylic acids is 1. The summed E-state index contributed by atoms with van der Waals surface area (Å²) in [7, 11) is -2.52. The van der Waals surface area contributed by atoms with E-state index in [0.717, 1.165) is 0 Å². The maximum absolute atomic E-state index is 14.0. The Morgan fingerprint density at radius 3 is 2.52 bits per heavy atom. The van der Waals surface area contributed by atoms with Crippen molar-refractivity contribution in [3.8, 4) is 5.75 Å². The summed E-state index contributed by atoms with van der Waals surface area (Å²) >= 11 is 5.98. The number of amides is 1. The molecule has 162 valence electrons. The lowest BCUT2D eigenvalue weighted by atomic mass is 10.1. The number of hydrogen-bond donors (Lipinski definition) is 2. The molecule has 3 aromatic carbocycles. The summed E-state index contributed by atoms with van der Waals surface area (Å²) < 4.78 is 47.3. The van der Waals surface area contributed by atoms with Crippen LogP contribution in [0.3, 0.4) is 0 Å². The molecule has 0 heterocycles. The number of rotatable bonds is 7. The molecule has 0 aliphatic heterocycles. The van der Waals surface area contributed by atoms with Crippen molar-refractivity contribution in [3.05, 3.63) is 82.6 Å². The lowest BCUT2D eigenvalue weighted by Crippen LogP contribution is -2.18. The molecular weight excluding hydrogens is 443 g/mol. The predicted octanol–water partition coefficient (Wildman–Crippen LogP) is 4.78. The van der Waals surface area contributed by atoms with Gasteiger partial charge in [-0.15, -0.1) is 0 Å². The van der Waals surface area contributed by atoms with Gasteiger partial charge in [0, 0.05) is 16.3 Å². The molecule has 0 fully saturated rings. The van der Waals surface area contributed by atoms with E-state index in [9.17, 15) is 17.6 Å². The van der Waals surface area contributed by atoms with E-state index in [0.29, 0.717) is 17.0 Å². The summed E-state index contributed by atoms with van der Waals surface area (Å²) in [5.41, 5.74) is 1.29. The number of halogens is 2. The average molecular weight is 463 g/mol. The molecule has 9 heteroatoms. The number of nitrogens with one attached hydrogen (secondary N) is 2. The van der Waals surface area contributed by atoms with Gasteiger partial charge >= 0.3 is 0 Å². The van der Waals surface area contributed by atoms with Crippen molar-refractivity contribution in [1.82, 2.24) is 0 Å². The predicted molar refractivity (Wildman–Crippen MR) is 119 cm³/mol. The fraction of sp³-hybridized carbons (Fsp3) is 0.136. The first-order chi connectivity index (χ1) is 14.7. The molecule has 0 bridgehead atoms. The van der Waals surface area contributed by atoms with Crippen molar-refractivity contribution < 1.29 is 22.3 Å². The molecule has 0 aliphatic carbocycles. The Kier molecular flexibility index (Phi) is 6.82. The van der Waals surface area contributed by atoms with E-state index in [4.69, 9.17) is 16.3 Å². The molecule has 3 aromatic rings. The van der Waals surface area contributed by atoms with Crippen LogP contribution in [-0.4, -0.2) is 21.4 Å². The van der Waals surface area contributed by atoms with Crippen LogP contribution >= 0.6 is 11.6 Å². The molecule has 31 heavy (non-hydrogen) atoms. The molecule has 1 amide bonds. The lowest BCUT2D eigenvalue weighted by Gasteiger charge is -2.14. The average Bonchev–Trinajstić information content (AvgIpc) is 2.72. The fourth-order valence-corrected chi connectivity index (χ4v) is 4.22. The number of aryl methyl sites for hydroxylation is 1. The molecule has 2 N–H and O–H groups in total. The van der Waals surface area contributed by atoms with Gasteiger partial charge in [0.1, 0.15) is 11.6 Å². The first kappa shape index (κ1) is 22.6. The number of carbonyl (C=O) groups is 1. The van der Waals surface area contributed by atoms with Crippen molar-refractivity contribution in [2.75, 3.05) is 17.1 Å². The van der Waals surface area contributed by atoms with Crippen LogP contribution in [0.15, 0.2) is 65.6 Å². The van der Waals surface area contributed by atoms with E-state index in [-0.39, 0.29) is 27.6 Å². The second kappa shape index (κ2) is 9.36. The van der Waals surface area contributed by atoms with Gasteiger partial charge in [0.05, 0.1) is 24.1 Å². The van der Waals surface area contributed by atoms with E-state index in [1.807, 2.05) is 0 Å². The zero-order valence-electron chi connectivity index (χ0n) is 16.8. The third-order valence-electron chi connectivity index (χ3n) is 4.54. The molecule has 6 nitrogen and oxygen atoms in total. The third-order valence-corrected chi connectivity index (χ3v) is 6.26. The van der Waals surface area contributed by atoms with E-state index in [2.05, 4.69) is 10.0 Å². The van der Waals surface area contributed by atoms with Crippen LogP contribution in [-0.2, 0) is 21.2 Å². The van der Waals surface area contributed by atoms with Gasteiger partial charge in [-0.25, -0.2) is 12.8 Å². The van der Waals surface area contributed by atoms with Crippen molar-refractivity contribution in [3.63, 3.8) is 0 Å². The van der Waals surface area contributed by atoms with Crippen LogP contribution < -0.4 is 14.8 Å². The zero-order chi connectivity index (χ0) is 22.6. The fourth-order valence-electron chi connectivity index (χ4n) is 2.89. The Hall–Kier alpha value is -3.10. The summed E-state index contributed by atoms with van der Waals surface area (Å²) in [6.07, 6.45) is -0.290. The molecule has 0 unspecified atom stereocenters. The number of sulfonamides is 1. The standard InChI is InChI=1S/C22H20ClFN2O4S/c1-14-10-11-15(31(28,29)26-19-8-3-4-9-21(19)30-2)12-20(14)25-22(27)13-16-17(23)6-5-7-18(16)24/h3-12,26H,13H2,1-2H3,(H,25,27). The second-order valence-electron chi connectivity index (χ2n) is 6.71. The molecular formula is C22H20ClFN2O4S. The normalized spacial score (nSPS) is 11.1. The maximum Gasteiger partial charge on any atom is 0.262 e. The monoisotopic (exact) mass is 462 g/mol. The van der Waals surface area contributed by atoms with Gasteiger partial charge in [-0.2, -0.15) is 0 Å². The van der Waals surface area contributed by atoms with Crippen LogP contribution in [0.25, 0.3) is 0 Å². The van der Waals surface area contributed by atoms with Gasteiger partial charge in [0.2, 0.25) is 5.91 Å². The number of para-hydroxylation sites is 2. The molecule has 0 radical (unpaired) electrons. The number of methoxy groups -OCH3 is 1. The molecule has 0 spiro atoms. The van der Waals surface area contributed by atoms with Crippen LogP contribution in [0.2, 0.25) is 5.02 Å². The second-order valence-corrected chi connectivity index (χ2v) is 8.80. The highest BCUT2D eigenvalue weighted by Crippen LogP contribution is 2.28. The minimum atomic E-state index is -3.96. The summed E-state index contributed by atoms with van der Waals surface area (Å²) in [6.45, 7) is 1.72. The van der Waals surface area contributed by atoms with E-state index < -0.39 is 21.7 Å². The minimum absolute atomic E-state index is 0.0526. The highest BCUT2D eigenvalue weighted by molar-refractivity contribution is 7.92.